The van der Waals surface area contributed by atoms with Crippen molar-refractivity contribution in [3.05, 3.63) is 47.5 Å². The van der Waals surface area contributed by atoms with Crippen molar-refractivity contribution in [1.82, 2.24) is 9.97 Å². The van der Waals surface area contributed by atoms with E-state index in [2.05, 4.69) is 9.97 Å². The number of nitrogens with one attached hydrogen (secondary N) is 1. The molecular weight excluding hydrogens is 255 g/mol. The van der Waals surface area contributed by atoms with Crippen LogP contribution in [0.25, 0.3) is 22.2 Å². The van der Waals surface area contributed by atoms with E-state index in [0.717, 1.165) is 5.56 Å². The molecule has 1 aromatic carbocycles. The number of hydrogen-bond donors (Lipinski definition) is 2. The molecule has 2 heterocycles. The van der Waals surface area contributed by atoms with E-state index in [9.17, 15) is 4.39 Å². The third kappa shape index (κ3) is 1.79. The zero-order valence-electron chi connectivity index (χ0n) is 10.7. The number of halogens is 1. The third-order valence-corrected chi connectivity index (χ3v) is 3.28. The average Bonchev–Trinajstić information content (AvgIpc) is 2.84. The van der Waals surface area contributed by atoms with Crippen LogP contribution in [0.4, 0.5) is 10.1 Å². The predicted octanol–water partition coefficient (Wildman–Crippen LogP) is 3.13. The van der Waals surface area contributed by atoms with E-state index in [1.54, 1.807) is 18.3 Å². The molecule has 0 amide bonds. The number of nitrogens with zero attached hydrogens (tertiary/aromatic N) is 2. The van der Waals surface area contributed by atoms with Gasteiger partial charge in [-0.25, -0.2) is 4.39 Å². The van der Waals surface area contributed by atoms with Gasteiger partial charge in [0.1, 0.15) is 11.9 Å². The lowest BCUT2D eigenvalue weighted by atomic mass is 10.1. The molecule has 5 heteroatoms. The first-order chi connectivity index (χ1) is 9.60. The maximum Gasteiger partial charge on any atom is 0.125 e. The van der Waals surface area contributed by atoms with Crippen LogP contribution in [0.5, 0.6) is 0 Å². The summed E-state index contributed by atoms with van der Waals surface area (Å²) in [6.45, 7) is 1.81. The van der Waals surface area contributed by atoms with E-state index in [-0.39, 0.29) is 5.56 Å². The van der Waals surface area contributed by atoms with Crippen LogP contribution < -0.4 is 5.73 Å². The van der Waals surface area contributed by atoms with Gasteiger partial charge in [0.2, 0.25) is 0 Å². The molecule has 0 spiro atoms. The van der Waals surface area contributed by atoms with Crippen molar-refractivity contribution in [2.24, 2.45) is 0 Å². The topological polar surface area (TPSA) is 78.5 Å². The molecule has 0 unspecified atom stereocenters. The number of nitriles is 1. The average molecular weight is 266 g/mol. The number of nitrogen functional groups attached to an aromatic ring is 1. The van der Waals surface area contributed by atoms with Gasteiger partial charge in [0.05, 0.1) is 28.2 Å². The Morgan fingerprint density at radius 3 is 2.85 bits per heavy atom. The van der Waals surface area contributed by atoms with Crippen LogP contribution in [0.2, 0.25) is 0 Å². The highest BCUT2D eigenvalue weighted by molar-refractivity contribution is 5.97. The van der Waals surface area contributed by atoms with E-state index >= 15 is 0 Å². The SMILES string of the molecule is Cc1nc(-c2c[nH]c3c(C#N)cc(F)cc23)ccc1N. The first-order valence-corrected chi connectivity index (χ1v) is 6.04. The fraction of sp³-hybridized carbons (Fsp3) is 0.0667. The van der Waals surface area contributed by atoms with Crippen molar-refractivity contribution in [1.29, 1.82) is 5.26 Å². The van der Waals surface area contributed by atoms with Crippen molar-refractivity contribution in [2.45, 2.75) is 6.92 Å². The Morgan fingerprint density at radius 2 is 2.15 bits per heavy atom. The van der Waals surface area contributed by atoms with E-state index < -0.39 is 5.82 Å². The number of aromatic amines is 1. The van der Waals surface area contributed by atoms with E-state index in [4.69, 9.17) is 11.0 Å². The van der Waals surface area contributed by atoms with E-state index in [1.165, 1.54) is 12.1 Å². The zero-order valence-corrected chi connectivity index (χ0v) is 10.7. The minimum atomic E-state index is -0.443. The number of nitrogens with two attached hydrogens (primary N) is 1. The van der Waals surface area contributed by atoms with Crippen molar-refractivity contribution < 1.29 is 4.39 Å². The van der Waals surface area contributed by atoms with Gasteiger partial charge in [-0.2, -0.15) is 5.26 Å². The second-order valence-electron chi connectivity index (χ2n) is 4.56. The lowest BCUT2D eigenvalue weighted by molar-refractivity contribution is 0.629. The standard InChI is InChI=1S/C15H11FN4/c1-8-13(18)2-3-14(20-8)12-7-19-15-9(6-17)4-10(16)5-11(12)15/h2-5,7,19H,18H2,1H3. The lowest BCUT2D eigenvalue weighted by Gasteiger charge is -2.03. The summed E-state index contributed by atoms with van der Waals surface area (Å²) in [5.74, 6) is -0.443. The molecule has 0 aliphatic heterocycles. The number of benzene rings is 1. The van der Waals surface area contributed by atoms with Crippen LogP contribution in [-0.2, 0) is 0 Å². The van der Waals surface area contributed by atoms with Crippen LogP contribution in [0.15, 0.2) is 30.5 Å². The molecule has 98 valence electrons. The van der Waals surface area contributed by atoms with E-state index in [0.29, 0.717) is 28.0 Å². The number of H-pyrrole nitrogens is 1. The molecule has 0 saturated carbocycles. The number of hydrogen-bond acceptors (Lipinski definition) is 3. The lowest BCUT2D eigenvalue weighted by Crippen LogP contribution is -1.94. The van der Waals surface area contributed by atoms with Gasteiger partial charge >= 0.3 is 0 Å². The van der Waals surface area contributed by atoms with Gasteiger partial charge in [-0.1, -0.05) is 0 Å². The summed E-state index contributed by atoms with van der Waals surface area (Å²) < 4.78 is 13.6. The molecule has 3 aromatic rings. The molecule has 20 heavy (non-hydrogen) atoms. The number of aromatic nitrogens is 2. The molecule has 3 rings (SSSR count). The fourth-order valence-electron chi connectivity index (χ4n) is 2.22. The molecule has 0 aliphatic rings. The van der Waals surface area contributed by atoms with Gasteiger partial charge in [0, 0.05) is 17.1 Å². The molecule has 2 aromatic heterocycles. The minimum absolute atomic E-state index is 0.276. The first kappa shape index (κ1) is 12.2. The van der Waals surface area contributed by atoms with Crippen LogP contribution in [-0.4, -0.2) is 9.97 Å². The fourth-order valence-corrected chi connectivity index (χ4v) is 2.22. The number of pyridine rings is 1. The highest BCUT2D eigenvalue weighted by Gasteiger charge is 2.12. The molecule has 0 atom stereocenters. The van der Waals surface area contributed by atoms with Crippen LogP contribution >= 0.6 is 0 Å². The van der Waals surface area contributed by atoms with Crippen molar-refractivity contribution in [3.8, 4) is 17.3 Å². The quantitative estimate of drug-likeness (QED) is 0.710. The summed E-state index contributed by atoms with van der Waals surface area (Å²) in [5.41, 5.74) is 9.41. The summed E-state index contributed by atoms with van der Waals surface area (Å²) in [6, 6.07) is 8.14. The molecule has 0 fully saturated rings. The number of fused-ring (bicyclic) bond motifs is 1. The van der Waals surface area contributed by atoms with Crippen molar-refractivity contribution in [2.75, 3.05) is 5.73 Å². The highest BCUT2D eigenvalue weighted by atomic mass is 19.1. The monoisotopic (exact) mass is 266 g/mol. The van der Waals surface area contributed by atoms with Crippen LogP contribution in [0, 0.1) is 24.1 Å². The molecule has 4 nitrogen and oxygen atoms in total. The van der Waals surface area contributed by atoms with Crippen LogP contribution in [0.1, 0.15) is 11.3 Å². The van der Waals surface area contributed by atoms with Crippen molar-refractivity contribution in [3.63, 3.8) is 0 Å². The van der Waals surface area contributed by atoms with Gasteiger partial charge in [-0.05, 0) is 31.2 Å². The molecular formula is C15H11FN4. The third-order valence-electron chi connectivity index (χ3n) is 3.28. The minimum Gasteiger partial charge on any atom is -0.397 e. The summed E-state index contributed by atoms with van der Waals surface area (Å²) in [4.78, 5) is 7.41. The normalized spacial score (nSPS) is 10.7. The largest absolute Gasteiger partial charge is 0.397 e. The Labute approximate surface area is 114 Å². The van der Waals surface area contributed by atoms with Gasteiger partial charge < -0.3 is 10.7 Å². The van der Waals surface area contributed by atoms with Gasteiger partial charge in [-0.15, -0.1) is 0 Å². The second-order valence-corrected chi connectivity index (χ2v) is 4.56. The molecule has 0 radical (unpaired) electrons. The molecule has 0 bridgehead atoms. The maximum atomic E-state index is 13.6. The smallest absolute Gasteiger partial charge is 0.125 e. The van der Waals surface area contributed by atoms with Gasteiger partial charge in [0.15, 0.2) is 0 Å². The number of anilines is 1. The second kappa shape index (κ2) is 4.35. The van der Waals surface area contributed by atoms with Gasteiger partial charge in [-0.3, -0.25) is 4.98 Å². The van der Waals surface area contributed by atoms with Crippen LogP contribution in [0.3, 0.4) is 0 Å². The number of rotatable bonds is 1. The first-order valence-electron chi connectivity index (χ1n) is 6.04. The Hall–Kier alpha value is -2.87. The van der Waals surface area contributed by atoms with Crippen molar-refractivity contribution >= 4 is 16.6 Å². The zero-order chi connectivity index (χ0) is 14.3. The molecule has 0 saturated heterocycles. The molecule has 3 N–H and O–H groups in total. The summed E-state index contributed by atoms with van der Waals surface area (Å²) in [7, 11) is 0. The Bertz CT molecular complexity index is 858. The Kier molecular flexibility index (Phi) is 2.65. The summed E-state index contributed by atoms with van der Waals surface area (Å²) in [5, 5.41) is 9.69. The maximum absolute atomic E-state index is 13.6. The molecule has 0 aliphatic carbocycles. The Morgan fingerprint density at radius 1 is 1.35 bits per heavy atom. The summed E-state index contributed by atoms with van der Waals surface area (Å²) in [6.07, 6.45) is 1.73. The van der Waals surface area contributed by atoms with E-state index in [1.807, 2.05) is 13.0 Å². The van der Waals surface area contributed by atoms with Gasteiger partial charge in [0.25, 0.3) is 0 Å². The number of aryl methyl sites for hydroxylation is 1. The highest BCUT2D eigenvalue weighted by Crippen LogP contribution is 2.30. The summed E-state index contributed by atoms with van der Waals surface area (Å²) >= 11 is 0. The predicted molar refractivity (Wildman–Crippen MR) is 75.4 cm³/mol. The Balaban J connectivity index is 2.30.